The van der Waals surface area contributed by atoms with E-state index < -0.39 is 0 Å². The Balaban J connectivity index is 1.08. The molecule has 10 rings (SSSR count). The molecule has 0 saturated heterocycles. The van der Waals surface area contributed by atoms with Crippen molar-refractivity contribution in [1.82, 2.24) is 0 Å². The van der Waals surface area contributed by atoms with E-state index in [0.717, 1.165) is 17.1 Å². The molecule has 0 spiro atoms. The van der Waals surface area contributed by atoms with Crippen molar-refractivity contribution < 1.29 is 0 Å². The van der Waals surface area contributed by atoms with E-state index in [-0.39, 0.29) is 12.0 Å². The fourth-order valence-electron chi connectivity index (χ4n) is 8.51. The molecule has 54 heavy (non-hydrogen) atoms. The molecule has 8 aromatic carbocycles. The van der Waals surface area contributed by atoms with Crippen molar-refractivity contribution in [3.63, 3.8) is 0 Å². The lowest BCUT2D eigenvalue weighted by molar-refractivity contribution is 0.747. The highest BCUT2D eigenvalue weighted by molar-refractivity contribution is 5.97. The minimum atomic E-state index is 0.208. The van der Waals surface area contributed by atoms with Crippen molar-refractivity contribution >= 4 is 39.2 Å². The summed E-state index contributed by atoms with van der Waals surface area (Å²) < 4.78 is 0. The van der Waals surface area contributed by atoms with Gasteiger partial charge < -0.3 is 9.80 Å². The Hall–Kier alpha value is -6.90. The SMILES string of the molecule is C1=CC2c3c(ccc4ccccc34)N(c3ccccc3-c3ccc(N(c4ccc(-c5ccccc5)cc4)c4ccccc4-c4ccccc4)cc3)C2C=C1. The molecule has 0 fully saturated rings. The summed E-state index contributed by atoms with van der Waals surface area (Å²) in [6.07, 6.45) is 9.15. The fourth-order valence-corrected chi connectivity index (χ4v) is 8.51. The molecular weight excluding hydrogens is 653 g/mol. The van der Waals surface area contributed by atoms with E-state index in [1.807, 2.05) is 0 Å². The van der Waals surface area contributed by atoms with Gasteiger partial charge in [0.1, 0.15) is 0 Å². The van der Waals surface area contributed by atoms with Crippen LogP contribution in [0.15, 0.2) is 218 Å². The van der Waals surface area contributed by atoms with Crippen LogP contribution in [0.3, 0.4) is 0 Å². The molecule has 1 heterocycles. The topological polar surface area (TPSA) is 6.48 Å². The maximum atomic E-state index is 2.56. The fraction of sp³-hybridized carbons (Fsp3) is 0.0385. The highest BCUT2D eigenvalue weighted by Gasteiger charge is 2.39. The first-order chi connectivity index (χ1) is 26.8. The molecule has 1 aliphatic heterocycles. The van der Waals surface area contributed by atoms with Crippen molar-refractivity contribution in [2.75, 3.05) is 9.80 Å². The van der Waals surface area contributed by atoms with Crippen LogP contribution >= 0.6 is 0 Å². The molecule has 0 radical (unpaired) electrons. The van der Waals surface area contributed by atoms with E-state index >= 15 is 0 Å². The average Bonchev–Trinajstić information content (AvgIpc) is 3.60. The van der Waals surface area contributed by atoms with Crippen LogP contribution < -0.4 is 9.80 Å². The number of benzene rings is 8. The number of hydrogen-bond acceptors (Lipinski definition) is 2. The Morgan fingerprint density at radius 2 is 0.944 bits per heavy atom. The third kappa shape index (κ3) is 5.52. The molecule has 2 atom stereocenters. The molecule has 0 saturated carbocycles. The monoisotopic (exact) mass is 690 g/mol. The van der Waals surface area contributed by atoms with Crippen molar-refractivity contribution in [3.8, 4) is 33.4 Å². The van der Waals surface area contributed by atoms with Gasteiger partial charge in [-0.1, -0.05) is 176 Å². The molecule has 0 amide bonds. The molecular formula is C52H38N2. The zero-order valence-electron chi connectivity index (χ0n) is 29.8. The molecule has 2 unspecified atom stereocenters. The molecule has 2 heteroatoms. The average molecular weight is 691 g/mol. The lowest BCUT2D eigenvalue weighted by Crippen LogP contribution is -2.28. The van der Waals surface area contributed by atoms with Crippen molar-refractivity contribution in [3.05, 3.63) is 224 Å². The molecule has 256 valence electrons. The van der Waals surface area contributed by atoms with E-state index in [1.165, 1.54) is 61.1 Å². The summed E-state index contributed by atoms with van der Waals surface area (Å²) in [6, 6.07) is 70.5. The highest BCUT2D eigenvalue weighted by Crippen LogP contribution is 2.52. The zero-order chi connectivity index (χ0) is 35.8. The van der Waals surface area contributed by atoms with Crippen LogP contribution in [-0.4, -0.2) is 6.04 Å². The normalized spacial score (nSPS) is 15.6. The van der Waals surface area contributed by atoms with Crippen LogP contribution in [0.2, 0.25) is 0 Å². The quantitative estimate of drug-likeness (QED) is 0.164. The zero-order valence-corrected chi connectivity index (χ0v) is 29.8. The summed E-state index contributed by atoms with van der Waals surface area (Å²) in [5.41, 5.74) is 14.4. The minimum Gasteiger partial charge on any atom is -0.333 e. The predicted molar refractivity (Wildman–Crippen MR) is 228 cm³/mol. The lowest BCUT2D eigenvalue weighted by Gasteiger charge is -2.31. The van der Waals surface area contributed by atoms with E-state index in [4.69, 9.17) is 0 Å². The minimum absolute atomic E-state index is 0.208. The van der Waals surface area contributed by atoms with Crippen LogP contribution in [0.1, 0.15) is 11.5 Å². The van der Waals surface area contributed by atoms with E-state index in [1.54, 1.807) is 0 Å². The maximum Gasteiger partial charge on any atom is 0.0630 e. The largest absolute Gasteiger partial charge is 0.333 e. The smallest absolute Gasteiger partial charge is 0.0630 e. The van der Waals surface area contributed by atoms with Crippen LogP contribution in [0, 0.1) is 0 Å². The van der Waals surface area contributed by atoms with Crippen LogP contribution in [0.5, 0.6) is 0 Å². The molecule has 8 aromatic rings. The number of hydrogen-bond donors (Lipinski definition) is 0. The van der Waals surface area contributed by atoms with Gasteiger partial charge in [-0.05, 0) is 81.1 Å². The van der Waals surface area contributed by atoms with Gasteiger partial charge in [0.05, 0.1) is 11.7 Å². The van der Waals surface area contributed by atoms with Gasteiger partial charge >= 0.3 is 0 Å². The molecule has 1 aliphatic carbocycles. The van der Waals surface area contributed by atoms with Gasteiger partial charge in [-0.2, -0.15) is 0 Å². The summed E-state index contributed by atoms with van der Waals surface area (Å²) in [5, 5.41) is 2.62. The summed E-state index contributed by atoms with van der Waals surface area (Å²) in [5.74, 6) is 0.290. The molecule has 2 nitrogen and oxygen atoms in total. The van der Waals surface area contributed by atoms with Crippen LogP contribution in [-0.2, 0) is 0 Å². The van der Waals surface area contributed by atoms with Gasteiger partial charge in [-0.3, -0.25) is 0 Å². The summed E-state index contributed by atoms with van der Waals surface area (Å²) >= 11 is 0. The second-order valence-electron chi connectivity index (χ2n) is 14.1. The van der Waals surface area contributed by atoms with Gasteiger partial charge in [0.25, 0.3) is 0 Å². The van der Waals surface area contributed by atoms with Gasteiger partial charge in [0.15, 0.2) is 0 Å². The summed E-state index contributed by atoms with van der Waals surface area (Å²) in [7, 11) is 0. The first-order valence-corrected chi connectivity index (χ1v) is 18.8. The Bertz CT molecular complexity index is 2660. The van der Waals surface area contributed by atoms with Crippen molar-refractivity contribution in [1.29, 1.82) is 0 Å². The number of rotatable bonds is 7. The van der Waals surface area contributed by atoms with Gasteiger partial charge in [0, 0.05) is 39.8 Å². The Kier molecular flexibility index (Phi) is 8.00. The van der Waals surface area contributed by atoms with E-state index in [2.05, 4.69) is 228 Å². The van der Waals surface area contributed by atoms with Crippen LogP contribution in [0.25, 0.3) is 44.2 Å². The van der Waals surface area contributed by atoms with Crippen LogP contribution in [0.4, 0.5) is 28.4 Å². The molecule has 0 N–H and O–H groups in total. The first kappa shape index (κ1) is 31.8. The second-order valence-corrected chi connectivity index (χ2v) is 14.1. The molecule has 0 bridgehead atoms. The van der Waals surface area contributed by atoms with E-state index in [0.29, 0.717) is 0 Å². The third-order valence-electron chi connectivity index (χ3n) is 11.0. The number of anilines is 5. The van der Waals surface area contributed by atoms with Crippen molar-refractivity contribution in [2.45, 2.75) is 12.0 Å². The standard InChI is InChI=1S/C52H38N2/c1-3-15-37(16-4-1)38-27-32-42(33-28-38)53(48-24-12-9-20-44(48)39-17-5-2-6-18-39)43-34-29-41(30-35-43)45-21-10-13-25-49(45)54-50-26-14-11-23-47(50)52-46-22-8-7-19-40(46)31-36-51(52)54/h1-36,47,50H. The third-order valence-corrected chi connectivity index (χ3v) is 11.0. The second kappa shape index (κ2) is 13.6. The lowest BCUT2D eigenvalue weighted by atomic mass is 9.88. The number of fused-ring (bicyclic) bond motifs is 5. The number of nitrogens with zero attached hydrogens (tertiary/aromatic N) is 2. The molecule has 0 aromatic heterocycles. The Morgan fingerprint density at radius 1 is 0.389 bits per heavy atom. The van der Waals surface area contributed by atoms with Gasteiger partial charge in [-0.15, -0.1) is 0 Å². The summed E-state index contributed by atoms with van der Waals surface area (Å²) in [6.45, 7) is 0. The van der Waals surface area contributed by atoms with Gasteiger partial charge in [-0.25, -0.2) is 0 Å². The van der Waals surface area contributed by atoms with Crippen molar-refractivity contribution in [2.24, 2.45) is 0 Å². The maximum absolute atomic E-state index is 2.56. The predicted octanol–water partition coefficient (Wildman–Crippen LogP) is 14.0. The highest BCUT2D eigenvalue weighted by atomic mass is 15.2. The number of para-hydroxylation sites is 2. The first-order valence-electron chi connectivity index (χ1n) is 18.8. The van der Waals surface area contributed by atoms with Gasteiger partial charge in [0.2, 0.25) is 0 Å². The molecule has 2 aliphatic rings. The van der Waals surface area contributed by atoms with E-state index in [9.17, 15) is 0 Å². The number of allylic oxidation sites excluding steroid dienone is 2. The Morgan fingerprint density at radius 3 is 1.70 bits per heavy atom. The Labute approximate surface area is 317 Å². The summed E-state index contributed by atoms with van der Waals surface area (Å²) in [4.78, 5) is 4.95.